The number of nitrogen functional groups attached to an aromatic ring is 1. The van der Waals surface area contributed by atoms with Crippen molar-refractivity contribution in [3.8, 4) is 11.3 Å². The second kappa shape index (κ2) is 8.52. The number of anilines is 1. The molecule has 2 aromatic rings. The Kier molecular flexibility index (Phi) is 6.40. The Balaban J connectivity index is 2.17. The van der Waals surface area contributed by atoms with Crippen molar-refractivity contribution in [3.63, 3.8) is 0 Å². The van der Waals surface area contributed by atoms with E-state index in [0.717, 1.165) is 12.1 Å². The smallest absolute Gasteiger partial charge is 0.418 e. The summed E-state index contributed by atoms with van der Waals surface area (Å²) >= 11 is 0. The Hall–Kier alpha value is -2.81. The Labute approximate surface area is 147 Å². The summed E-state index contributed by atoms with van der Waals surface area (Å²) in [5.41, 5.74) is 10.1. The number of benzene rings is 1. The van der Waals surface area contributed by atoms with Gasteiger partial charge in [-0.2, -0.15) is 13.2 Å². The van der Waals surface area contributed by atoms with Crippen LogP contribution in [0.2, 0.25) is 0 Å². The highest BCUT2D eigenvalue weighted by molar-refractivity contribution is 5.69. The second-order valence-corrected chi connectivity index (χ2v) is 5.36. The van der Waals surface area contributed by atoms with E-state index in [1.165, 1.54) is 6.07 Å². The van der Waals surface area contributed by atoms with E-state index in [4.69, 9.17) is 16.2 Å². The number of ether oxygens (including phenoxy) is 2. The van der Waals surface area contributed by atoms with Crippen molar-refractivity contribution in [2.45, 2.75) is 19.2 Å². The maximum absolute atomic E-state index is 13.3. The molecule has 0 bridgehead atoms. The van der Waals surface area contributed by atoms with Gasteiger partial charge in [0.25, 0.3) is 0 Å². The van der Waals surface area contributed by atoms with Crippen LogP contribution >= 0.6 is 0 Å². The summed E-state index contributed by atoms with van der Waals surface area (Å²) in [7, 11) is 0. The molecule has 1 amide bonds. The first-order valence-corrected chi connectivity index (χ1v) is 7.71. The molecule has 0 saturated carbocycles. The van der Waals surface area contributed by atoms with E-state index in [2.05, 4.69) is 9.72 Å². The molecule has 9 heteroatoms. The molecule has 4 N–H and O–H groups in total. The zero-order valence-electron chi connectivity index (χ0n) is 13.8. The van der Waals surface area contributed by atoms with E-state index >= 15 is 0 Å². The quantitative estimate of drug-likeness (QED) is 0.729. The van der Waals surface area contributed by atoms with Gasteiger partial charge in [-0.25, -0.2) is 9.78 Å². The lowest BCUT2D eigenvalue weighted by molar-refractivity contribution is -0.137. The van der Waals surface area contributed by atoms with Crippen molar-refractivity contribution in [1.82, 2.24) is 4.98 Å². The largest absolute Gasteiger partial charge is 0.450 e. The molecule has 1 aromatic carbocycles. The third-order valence-corrected chi connectivity index (χ3v) is 3.43. The number of hydrogen-bond acceptors (Lipinski definition) is 5. The van der Waals surface area contributed by atoms with Crippen LogP contribution in [0, 0.1) is 0 Å². The molecule has 6 nitrogen and oxygen atoms in total. The van der Waals surface area contributed by atoms with Gasteiger partial charge in [-0.1, -0.05) is 24.3 Å². The number of nitrogens with two attached hydrogens (primary N) is 2. The van der Waals surface area contributed by atoms with Gasteiger partial charge in [0, 0.05) is 12.0 Å². The summed E-state index contributed by atoms with van der Waals surface area (Å²) in [6.45, 7) is 0.421. The minimum Gasteiger partial charge on any atom is -0.450 e. The number of halogens is 3. The van der Waals surface area contributed by atoms with Crippen molar-refractivity contribution in [1.29, 1.82) is 0 Å². The van der Waals surface area contributed by atoms with Gasteiger partial charge >= 0.3 is 12.3 Å². The maximum atomic E-state index is 13.3. The Morgan fingerprint density at radius 3 is 2.54 bits per heavy atom. The molecule has 0 aliphatic rings. The molecule has 0 radical (unpaired) electrons. The lowest BCUT2D eigenvalue weighted by Gasteiger charge is -2.15. The van der Waals surface area contributed by atoms with E-state index in [-0.39, 0.29) is 31.3 Å². The third-order valence-electron chi connectivity index (χ3n) is 3.43. The van der Waals surface area contributed by atoms with Crippen LogP contribution in [-0.4, -0.2) is 24.3 Å². The van der Waals surface area contributed by atoms with Crippen LogP contribution in [0.5, 0.6) is 0 Å². The fourth-order valence-electron chi connectivity index (χ4n) is 2.30. The van der Waals surface area contributed by atoms with Crippen LogP contribution in [0.3, 0.4) is 0 Å². The number of rotatable bonds is 7. The van der Waals surface area contributed by atoms with Gasteiger partial charge in [0.2, 0.25) is 0 Å². The number of carbonyl (C=O) groups is 1. The molecule has 0 atom stereocenters. The number of hydrogen-bond donors (Lipinski definition) is 2. The molecule has 140 valence electrons. The molecule has 0 fully saturated rings. The first kappa shape index (κ1) is 19.5. The molecular formula is C17H18F3N3O3. The average molecular weight is 369 g/mol. The van der Waals surface area contributed by atoms with E-state index in [1.54, 1.807) is 18.2 Å². The highest BCUT2D eigenvalue weighted by Crippen LogP contribution is 2.37. The number of alkyl halides is 3. The van der Waals surface area contributed by atoms with Crippen molar-refractivity contribution in [2.75, 3.05) is 18.9 Å². The normalized spacial score (nSPS) is 11.3. The summed E-state index contributed by atoms with van der Waals surface area (Å²) in [4.78, 5) is 14.3. The minimum atomic E-state index is -4.56. The molecule has 0 aliphatic carbocycles. The topological polar surface area (TPSA) is 100 Å². The lowest BCUT2D eigenvalue weighted by Crippen LogP contribution is -2.14. The summed E-state index contributed by atoms with van der Waals surface area (Å²) in [5.74, 6) is -0.00711. The van der Waals surface area contributed by atoms with Crippen LogP contribution in [0.1, 0.15) is 17.5 Å². The van der Waals surface area contributed by atoms with Crippen LogP contribution < -0.4 is 11.5 Å². The van der Waals surface area contributed by atoms with E-state index in [9.17, 15) is 18.0 Å². The predicted octanol–water partition coefficient (Wildman–Crippen LogP) is 3.35. The predicted molar refractivity (Wildman–Crippen MR) is 88.9 cm³/mol. The molecular weight excluding hydrogens is 351 g/mol. The van der Waals surface area contributed by atoms with E-state index in [1.807, 2.05) is 0 Å². The zero-order valence-corrected chi connectivity index (χ0v) is 13.8. The van der Waals surface area contributed by atoms with Gasteiger partial charge in [0.15, 0.2) is 0 Å². The third kappa shape index (κ3) is 5.35. The number of aromatic nitrogens is 1. The number of amides is 1. The molecule has 0 spiro atoms. The molecule has 1 aromatic heterocycles. The van der Waals surface area contributed by atoms with E-state index in [0.29, 0.717) is 17.5 Å². The Morgan fingerprint density at radius 1 is 1.12 bits per heavy atom. The highest BCUT2D eigenvalue weighted by atomic mass is 19.4. The van der Waals surface area contributed by atoms with Gasteiger partial charge < -0.3 is 20.9 Å². The molecule has 2 rings (SSSR count). The molecule has 0 saturated heterocycles. The van der Waals surface area contributed by atoms with Gasteiger partial charge in [0.05, 0.1) is 31.1 Å². The van der Waals surface area contributed by atoms with Crippen molar-refractivity contribution in [3.05, 3.63) is 47.5 Å². The standard InChI is InChI=1S/C17H18F3N3O3/c18-17(19,20)13-6-7-14(21)23-15(13)12-5-2-1-4-11(12)10-25-8-3-9-26-16(22)24/h1-2,4-7H,3,8-10H2,(H2,21,23)(H2,22,24). The van der Waals surface area contributed by atoms with Gasteiger partial charge in [-0.05, 0) is 17.7 Å². The number of nitrogens with zero attached hydrogens (tertiary/aromatic N) is 1. The minimum absolute atomic E-state index is 0.00711. The second-order valence-electron chi connectivity index (χ2n) is 5.36. The van der Waals surface area contributed by atoms with Crippen LogP contribution in [0.25, 0.3) is 11.3 Å². The highest BCUT2D eigenvalue weighted by Gasteiger charge is 2.35. The zero-order chi connectivity index (χ0) is 19.2. The van der Waals surface area contributed by atoms with Crippen LogP contribution in [0.4, 0.5) is 23.8 Å². The summed E-state index contributed by atoms with van der Waals surface area (Å²) in [6.07, 6.45) is -5.02. The van der Waals surface area contributed by atoms with E-state index < -0.39 is 17.8 Å². The SMILES string of the molecule is NC(=O)OCCCOCc1ccccc1-c1nc(N)ccc1C(F)(F)F. The monoisotopic (exact) mass is 369 g/mol. The molecule has 26 heavy (non-hydrogen) atoms. The maximum Gasteiger partial charge on any atom is 0.418 e. The Bertz CT molecular complexity index is 766. The number of primary amides is 1. The van der Waals surface area contributed by atoms with Crippen molar-refractivity contribution < 1.29 is 27.4 Å². The first-order valence-electron chi connectivity index (χ1n) is 7.71. The molecule has 0 aliphatic heterocycles. The van der Waals surface area contributed by atoms with Crippen LogP contribution in [0.15, 0.2) is 36.4 Å². The average Bonchev–Trinajstić information content (AvgIpc) is 2.57. The van der Waals surface area contributed by atoms with Gasteiger partial charge in [0.1, 0.15) is 5.82 Å². The number of carbonyl (C=O) groups excluding carboxylic acids is 1. The van der Waals surface area contributed by atoms with Crippen LogP contribution in [-0.2, 0) is 22.3 Å². The summed E-state index contributed by atoms with van der Waals surface area (Å²) in [5, 5.41) is 0. The number of pyridine rings is 1. The summed E-state index contributed by atoms with van der Waals surface area (Å²) in [6, 6.07) is 8.52. The molecule has 0 unspecified atom stereocenters. The van der Waals surface area contributed by atoms with Crippen molar-refractivity contribution in [2.24, 2.45) is 5.73 Å². The summed E-state index contributed by atoms with van der Waals surface area (Å²) < 4.78 is 49.9. The fourth-order valence-corrected chi connectivity index (χ4v) is 2.30. The Morgan fingerprint density at radius 2 is 1.85 bits per heavy atom. The lowest BCUT2D eigenvalue weighted by atomic mass is 10.00. The van der Waals surface area contributed by atoms with Gasteiger partial charge in [-0.15, -0.1) is 0 Å². The fraction of sp³-hybridized carbons (Fsp3) is 0.294. The van der Waals surface area contributed by atoms with Gasteiger partial charge in [-0.3, -0.25) is 0 Å². The van der Waals surface area contributed by atoms with Crippen molar-refractivity contribution >= 4 is 11.9 Å². The molecule has 1 heterocycles. The first-order chi connectivity index (χ1) is 12.3.